The predicted molar refractivity (Wildman–Crippen MR) is 51.3 cm³/mol. The van der Waals surface area contributed by atoms with Gasteiger partial charge in [0, 0.05) is 0 Å². The molecule has 2 atom stereocenters. The van der Waals surface area contributed by atoms with Crippen LogP contribution >= 0.6 is 0 Å². The molecule has 0 aliphatic carbocycles. The summed E-state index contributed by atoms with van der Waals surface area (Å²) in [6.07, 6.45) is -1.74. The second-order valence-electron chi connectivity index (χ2n) is 2.83. The summed E-state index contributed by atoms with van der Waals surface area (Å²) in [5.74, 6) is -3.30. The molecule has 0 saturated heterocycles. The maximum absolute atomic E-state index is 11.1. The molecule has 5 N–H and O–H groups in total. The average molecular weight is 234 g/mol. The SMILES string of the molecule is CCOC(=O)C(N)C(=O)NCC(O)C(=O)O. The van der Waals surface area contributed by atoms with Gasteiger partial charge in [0.25, 0.3) is 0 Å². The number of carboxylic acid groups (broad SMARTS) is 1. The third-order valence-electron chi connectivity index (χ3n) is 1.58. The van der Waals surface area contributed by atoms with E-state index in [9.17, 15) is 14.4 Å². The maximum atomic E-state index is 11.1. The van der Waals surface area contributed by atoms with Crippen molar-refractivity contribution in [2.45, 2.75) is 19.1 Å². The summed E-state index contributed by atoms with van der Waals surface area (Å²) in [6.45, 7) is 1.11. The van der Waals surface area contributed by atoms with Gasteiger partial charge in [0.2, 0.25) is 5.91 Å². The van der Waals surface area contributed by atoms with Crippen molar-refractivity contribution in [3.63, 3.8) is 0 Å². The Morgan fingerprint density at radius 3 is 2.44 bits per heavy atom. The molecule has 0 aromatic heterocycles. The largest absolute Gasteiger partial charge is 0.479 e. The summed E-state index contributed by atoms with van der Waals surface area (Å²) >= 11 is 0. The van der Waals surface area contributed by atoms with Crippen LogP contribution in [0.3, 0.4) is 0 Å². The minimum atomic E-state index is -1.74. The molecule has 1 amide bonds. The fraction of sp³-hybridized carbons (Fsp3) is 0.625. The number of aliphatic hydroxyl groups is 1. The van der Waals surface area contributed by atoms with E-state index < -0.39 is 36.5 Å². The fourth-order valence-electron chi connectivity index (χ4n) is 0.734. The summed E-state index contributed by atoms with van der Waals surface area (Å²) in [6, 6.07) is -1.53. The van der Waals surface area contributed by atoms with Crippen molar-refractivity contribution >= 4 is 17.8 Å². The standard InChI is InChI=1S/C8H14N2O6/c1-2-16-8(15)5(9)6(12)10-3-4(11)7(13)14/h4-5,11H,2-3,9H2,1H3,(H,10,12)(H,13,14). The van der Waals surface area contributed by atoms with Gasteiger partial charge in [-0.25, -0.2) is 9.59 Å². The van der Waals surface area contributed by atoms with Crippen molar-refractivity contribution < 1.29 is 29.3 Å². The second kappa shape index (κ2) is 6.75. The predicted octanol–water partition coefficient (Wildman–Crippen LogP) is -2.56. The van der Waals surface area contributed by atoms with Gasteiger partial charge in [0.1, 0.15) is 0 Å². The van der Waals surface area contributed by atoms with Crippen LogP contribution in [0.1, 0.15) is 6.92 Å². The Morgan fingerprint density at radius 2 is 2.00 bits per heavy atom. The molecule has 0 aromatic rings. The lowest BCUT2D eigenvalue weighted by Crippen LogP contribution is -2.49. The minimum absolute atomic E-state index is 0.0809. The van der Waals surface area contributed by atoms with Gasteiger partial charge in [-0.15, -0.1) is 0 Å². The van der Waals surface area contributed by atoms with Gasteiger partial charge in [-0.05, 0) is 6.92 Å². The van der Waals surface area contributed by atoms with Crippen LogP contribution in [-0.2, 0) is 19.1 Å². The molecule has 0 radical (unpaired) electrons. The van der Waals surface area contributed by atoms with Gasteiger partial charge in [-0.2, -0.15) is 0 Å². The van der Waals surface area contributed by atoms with E-state index in [1.807, 2.05) is 5.32 Å². The minimum Gasteiger partial charge on any atom is -0.479 e. The Hall–Kier alpha value is -1.67. The highest BCUT2D eigenvalue weighted by atomic mass is 16.5. The molecule has 0 bridgehead atoms. The zero-order chi connectivity index (χ0) is 12.7. The summed E-state index contributed by atoms with van der Waals surface area (Å²) in [5.41, 5.74) is 5.19. The fourth-order valence-corrected chi connectivity index (χ4v) is 0.734. The summed E-state index contributed by atoms with van der Waals surface area (Å²) in [4.78, 5) is 32.3. The van der Waals surface area contributed by atoms with E-state index in [1.54, 1.807) is 6.92 Å². The van der Waals surface area contributed by atoms with Crippen LogP contribution in [0.2, 0.25) is 0 Å². The molecule has 0 rings (SSSR count). The van der Waals surface area contributed by atoms with Crippen LogP contribution in [-0.4, -0.2) is 53.4 Å². The number of rotatable bonds is 6. The van der Waals surface area contributed by atoms with E-state index in [4.69, 9.17) is 15.9 Å². The Morgan fingerprint density at radius 1 is 1.44 bits per heavy atom. The normalized spacial score (nSPS) is 13.7. The van der Waals surface area contributed by atoms with E-state index >= 15 is 0 Å². The lowest BCUT2D eigenvalue weighted by Gasteiger charge is -2.12. The van der Waals surface area contributed by atoms with Crippen LogP contribution < -0.4 is 11.1 Å². The highest BCUT2D eigenvalue weighted by Gasteiger charge is 2.24. The molecular formula is C8H14N2O6. The maximum Gasteiger partial charge on any atom is 0.334 e. The number of nitrogens with two attached hydrogens (primary N) is 1. The summed E-state index contributed by atoms with van der Waals surface area (Å²) in [7, 11) is 0. The number of ether oxygens (including phenoxy) is 1. The van der Waals surface area contributed by atoms with Crippen LogP contribution in [0.5, 0.6) is 0 Å². The molecule has 0 spiro atoms. The zero-order valence-electron chi connectivity index (χ0n) is 8.67. The Kier molecular flexibility index (Phi) is 6.04. The molecule has 0 fully saturated rings. The number of nitrogens with one attached hydrogen (secondary N) is 1. The molecule has 0 aliphatic rings. The zero-order valence-corrected chi connectivity index (χ0v) is 8.67. The van der Waals surface area contributed by atoms with Crippen molar-refractivity contribution in [1.29, 1.82) is 0 Å². The number of esters is 1. The van der Waals surface area contributed by atoms with Crippen LogP contribution in [0.25, 0.3) is 0 Å². The van der Waals surface area contributed by atoms with Crippen molar-refractivity contribution in [2.75, 3.05) is 13.2 Å². The number of amides is 1. The Bertz CT molecular complexity index is 280. The van der Waals surface area contributed by atoms with Crippen LogP contribution in [0.15, 0.2) is 0 Å². The molecule has 92 valence electrons. The number of hydrogen-bond donors (Lipinski definition) is 4. The second-order valence-corrected chi connectivity index (χ2v) is 2.83. The van der Waals surface area contributed by atoms with Gasteiger partial charge in [-0.1, -0.05) is 0 Å². The molecule has 2 unspecified atom stereocenters. The van der Waals surface area contributed by atoms with E-state index in [2.05, 4.69) is 4.74 Å². The number of aliphatic hydroxyl groups excluding tert-OH is 1. The molecule has 16 heavy (non-hydrogen) atoms. The van der Waals surface area contributed by atoms with Crippen LogP contribution in [0.4, 0.5) is 0 Å². The molecule has 0 heterocycles. The molecule has 0 aromatic carbocycles. The third-order valence-corrected chi connectivity index (χ3v) is 1.58. The van der Waals surface area contributed by atoms with E-state index in [0.717, 1.165) is 0 Å². The number of carboxylic acids is 1. The van der Waals surface area contributed by atoms with Crippen molar-refractivity contribution in [3.8, 4) is 0 Å². The smallest absolute Gasteiger partial charge is 0.334 e. The molecular weight excluding hydrogens is 220 g/mol. The average Bonchev–Trinajstić information content (AvgIpc) is 2.24. The topological polar surface area (TPSA) is 139 Å². The third kappa shape index (κ3) is 4.71. The number of carbonyl (C=O) groups is 3. The first-order valence-corrected chi connectivity index (χ1v) is 4.51. The lowest BCUT2D eigenvalue weighted by molar-refractivity contribution is -0.148. The van der Waals surface area contributed by atoms with E-state index in [1.165, 1.54) is 0 Å². The van der Waals surface area contributed by atoms with Crippen molar-refractivity contribution in [3.05, 3.63) is 0 Å². The van der Waals surface area contributed by atoms with Gasteiger partial charge < -0.3 is 26.0 Å². The number of aliphatic carboxylic acids is 1. The summed E-state index contributed by atoms with van der Waals surface area (Å²) in [5, 5.41) is 19.1. The van der Waals surface area contributed by atoms with E-state index in [0.29, 0.717) is 0 Å². The Labute approximate surface area is 91.4 Å². The highest BCUT2D eigenvalue weighted by molar-refractivity contribution is 6.01. The highest BCUT2D eigenvalue weighted by Crippen LogP contribution is 1.87. The quantitative estimate of drug-likeness (QED) is 0.293. The monoisotopic (exact) mass is 234 g/mol. The number of carbonyl (C=O) groups excluding carboxylic acids is 2. The van der Waals surface area contributed by atoms with Gasteiger partial charge in [-0.3, -0.25) is 4.79 Å². The van der Waals surface area contributed by atoms with Crippen molar-refractivity contribution in [1.82, 2.24) is 5.32 Å². The molecule has 0 saturated carbocycles. The first-order chi connectivity index (χ1) is 7.40. The molecule has 8 heteroatoms. The first-order valence-electron chi connectivity index (χ1n) is 4.51. The van der Waals surface area contributed by atoms with Gasteiger partial charge >= 0.3 is 11.9 Å². The lowest BCUT2D eigenvalue weighted by atomic mass is 10.3. The first kappa shape index (κ1) is 14.3. The summed E-state index contributed by atoms with van der Waals surface area (Å²) < 4.78 is 4.48. The van der Waals surface area contributed by atoms with Gasteiger partial charge in [0.15, 0.2) is 12.1 Å². The van der Waals surface area contributed by atoms with Crippen molar-refractivity contribution in [2.24, 2.45) is 5.73 Å². The molecule has 8 nitrogen and oxygen atoms in total. The molecule has 0 aliphatic heterocycles. The van der Waals surface area contributed by atoms with Gasteiger partial charge in [0.05, 0.1) is 13.2 Å². The number of hydrogen-bond acceptors (Lipinski definition) is 6. The Balaban J connectivity index is 4.06. The van der Waals surface area contributed by atoms with E-state index in [-0.39, 0.29) is 6.61 Å². The van der Waals surface area contributed by atoms with Crippen LogP contribution in [0, 0.1) is 0 Å².